The number of amides is 1. The molecule has 0 spiro atoms. The molecule has 0 atom stereocenters. The van der Waals surface area contributed by atoms with Crippen molar-refractivity contribution >= 4 is 17.5 Å². The van der Waals surface area contributed by atoms with Gasteiger partial charge >= 0.3 is 0 Å². The smallest absolute Gasteiger partial charge is 0.248 e. The molecule has 0 heterocycles. The summed E-state index contributed by atoms with van der Waals surface area (Å²) in [4.78, 5) is 11.1. The standard InChI is InChI=1S/C22H21ClN2O2/c23-21-14-20(27-19-9-6-17(7-10-19)22(24)26)11-8-18(21)15-25-13-12-16-4-2-1-3-5-16/h1-11,14,25H,12-13,15H2,(H2,24,26). The van der Waals surface area contributed by atoms with Gasteiger partial charge in [-0.3, -0.25) is 4.79 Å². The average Bonchev–Trinajstić information content (AvgIpc) is 2.68. The number of benzene rings is 3. The number of ether oxygens (including phenoxy) is 1. The topological polar surface area (TPSA) is 64.4 Å². The molecule has 0 saturated heterocycles. The molecule has 27 heavy (non-hydrogen) atoms. The lowest BCUT2D eigenvalue weighted by Crippen LogP contribution is -2.16. The molecule has 0 bridgehead atoms. The van der Waals surface area contributed by atoms with Crippen LogP contribution in [0.25, 0.3) is 0 Å². The van der Waals surface area contributed by atoms with Crippen LogP contribution in [0.3, 0.4) is 0 Å². The van der Waals surface area contributed by atoms with Crippen molar-refractivity contribution in [3.8, 4) is 11.5 Å². The summed E-state index contributed by atoms with van der Waals surface area (Å²) < 4.78 is 5.78. The van der Waals surface area contributed by atoms with Crippen LogP contribution in [0.15, 0.2) is 72.8 Å². The second-order valence-corrected chi connectivity index (χ2v) is 6.56. The Labute approximate surface area is 163 Å². The van der Waals surface area contributed by atoms with E-state index < -0.39 is 5.91 Å². The van der Waals surface area contributed by atoms with Gasteiger partial charge in [0.05, 0.1) is 0 Å². The summed E-state index contributed by atoms with van der Waals surface area (Å²) in [5, 5.41) is 4.05. The van der Waals surface area contributed by atoms with Gasteiger partial charge in [-0.05, 0) is 60.5 Å². The van der Waals surface area contributed by atoms with Crippen LogP contribution in [0, 0.1) is 0 Å². The third kappa shape index (κ3) is 5.58. The van der Waals surface area contributed by atoms with Crippen LogP contribution in [0.5, 0.6) is 11.5 Å². The minimum absolute atomic E-state index is 0.442. The molecule has 3 rings (SSSR count). The lowest BCUT2D eigenvalue weighted by molar-refractivity contribution is 0.100. The van der Waals surface area contributed by atoms with Crippen LogP contribution >= 0.6 is 11.6 Å². The van der Waals surface area contributed by atoms with Crippen molar-refractivity contribution in [1.29, 1.82) is 0 Å². The normalized spacial score (nSPS) is 10.6. The fourth-order valence-electron chi connectivity index (χ4n) is 2.66. The molecule has 3 N–H and O–H groups in total. The summed E-state index contributed by atoms with van der Waals surface area (Å²) >= 11 is 6.38. The SMILES string of the molecule is NC(=O)c1ccc(Oc2ccc(CNCCc3ccccc3)c(Cl)c2)cc1. The van der Waals surface area contributed by atoms with E-state index in [4.69, 9.17) is 22.1 Å². The van der Waals surface area contributed by atoms with Crippen LogP contribution in [-0.4, -0.2) is 12.5 Å². The van der Waals surface area contributed by atoms with Crippen molar-refractivity contribution in [2.45, 2.75) is 13.0 Å². The van der Waals surface area contributed by atoms with Gasteiger partial charge in [0.25, 0.3) is 0 Å². The Bertz CT molecular complexity index is 896. The molecule has 5 heteroatoms. The van der Waals surface area contributed by atoms with Gasteiger partial charge in [-0.25, -0.2) is 0 Å². The minimum atomic E-state index is -0.464. The number of carbonyl (C=O) groups excluding carboxylic acids is 1. The molecule has 0 aliphatic rings. The number of halogens is 1. The molecule has 3 aromatic carbocycles. The van der Waals surface area contributed by atoms with Crippen LogP contribution in [0.2, 0.25) is 5.02 Å². The van der Waals surface area contributed by atoms with Crippen LogP contribution in [0.4, 0.5) is 0 Å². The van der Waals surface area contributed by atoms with Crippen LogP contribution in [0.1, 0.15) is 21.5 Å². The van der Waals surface area contributed by atoms with E-state index in [0.717, 1.165) is 18.5 Å². The molecular formula is C22H21ClN2O2. The molecular weight excluding hydrogens is 360 g/mol. The van der Waals surface area contributed by atoms with E-state index in [0.29, 0.717) is 28.6 Å². The van der Waals surface area contributed by atoms with E-state index in [1.807, 2.05) is 30.3 Å². The lowest BCUT2D eigenvalue weighted by atomic mass is 10.1. The number of hydrogen-bond acceptors (Lipinski definition) is 3. The highest BCUT2D eigenvalue weighted by molar-refractivity contribution is 6.31. The average molecular weight is 381 g/mol. The van der Waals surface area contributed by atoms with Gasteiger partial charge in [0, 0.05) is 17.1 Å². The van der Waals surface area contributed by atoms with Crippen molar-refractivity contribution in [3.05, 3.63) is 94.5 Å². The van der Waals surface area contributed by atoms with Gasteiger partial charge in [-0.15, -0.1) is 0 Å². The van der Waals surface area contributed by atoms with Gasteiger partial charge in [-0.2, -0.15) is 0 Å². The van der Waals surface area contributed by atoms with Gasteiger partial charge < -0.3 is 15.8 Å². The predicted octanol–water partition coefficient (Wildman–Crippen LogP) is 4.56. The maximum atomic E-state index is 11.1. The molecule has 0 aliphatic heterocycles. The number of nitrogens with two attached hydrogens (primary N) is 1. The number of hydrogen-bond donors (Lipinski definition) is 2. The molecule has 0 fully saturated rings. The molecule has 3 aromatic rings. The van der Waals surface area contributed by atoms with E-state index in [2.05, 4.69) is 17.4 Å². The minimum Gasteiger partial charge on any atom is -0.457 e. The Hall–Kier alpha value is -2.82. The highest BCUT2D eigenvalue weighted by Gasteiger charge is 2.05. The van der Waals surface area contributed by atoms with Crippen molar-refractivity contribution in [2.24, 2.45) is 5.73 Å². The molecule has 138 valence electrons. The van der Waals surface area contributed by atoms with Crippen molar-refractivity contribution in [3.63, 3.8) is 0 Å². The summed E-state index contributed by atoms with van der Waals surface area (Å²) in [5.41, 5.74) is 8.00. The molecule has 1 amide bonds. The molecule has 0 aromatic heterocycles. The van der Waals surface area contributed by atoms with Crippen molar-refractivity contribution < 1.29 is 9.53 Å². The quantitative estimate of drug-likeness (QED) is 0.563. The van der Waals surface area contributed by atoms with E-state index in [-0.39, 0.29) is 0 Å². The van der Waals surface area contributed by atoms with E-state index in [1.54, 1.807) is 30.3 Å². The van der Waals surface area contributed by atoms with E-state index in [1.165, 1.54) is 5.56 Å². The molecule has 0 radical (unpaired) electrons. The monoisotopic (exact) mass is 380 g/mol. The van der Waals surface area contributed by atoms with Crippen molar-refractivity contribution in [2.75, 3.05) is 6.54 Å². The first-order chi connectivity index (χ1) is 13.1. The summed E-state index contributed by atoms with van der Waals surface area (Å²) in [6, 6.07) is 22.6. The summed E-state index contributed by atoms with van der Waals surface area (Å²) in [6.07, 6.45) is 0.973. The van der Waals surface area contributed by atoms with E-state index >= 15 is 0 Å². The van der Waals surface area contributed by atoms with Gasteiger partial charge in [-0.1, -0.05) is 48.0 Å². The summed E-state index contributed by atoms with van der Waals surface area (Å²) in [7, 11) is 0. The van der Waals surface area contributed by atoms with Gasteiger partial charge in [0.1, 0.15) is 11.5 Å². The zero-order chi connectivity index (χ0) is 19.1. The zero-order valence-corrected chi connectivity index (χ0v) is 15.6. The first-order valence-corrected chi connectivity index (χ1v) is 9.10. The second-order valence-electron chi connectivity index (χ2n) is 6.16. The Morgan fingerprint density at radius 1 is 0.963 bits per heavy atom. The third-order valence-corrected chi connectivity index (χ3v) is 4.50. The van der Waals surface area contributed by atoms with Gasteiger partial charge in [0.15, 0.2) is 0 Å². The Balaban J connectivity index is 1.53. The highest BCUT2D eigenvalue weighted by atomic mass is 35.5. The third-order valence-electron chi connectivity index (χ3n) is 4.15. The fourth-order valence-corrected chi connectivity index (χ4v) is 2.90. The molecule has 0 aliphatic carbocycles. The number of nitrogens with one attached hydrogen (secondary N) is 1. The summed E-state index contributed by atoms with van der Waals surface area (Å²) in [6.45, 7) is 1.57. The van der Waals surface area contributed by atoms with Crippen molar-refractivity contribution in [1.82, 2.24) is 5.32 Å². The number of primary amides is 1. The number of carbonyl (C=O) groups is 1. The van der Waals surface area contributed by atoms with Crippen LogP contribution < -0.4 is 15.8 Å². The highest BCUT2D eigenvalue weighted by Crippen LogP contribution is 2.27. The Kier molecular flexibility index (Phi) is 6.47. The first-order valence-electron chi connectivity index (χ1n) is 8.72. The van der Waals surface area contributed by atoms with Gasteiger partial charge in [0.2, 0.25) is 5.91 Å². The molecule has 0 unspecified atom stereocenters. The molecule has 0 saturated carbocycles. The maximum Gasteiger partial charge on any atom is 0.248 e. The predicted molar refractivity (Wildman–Crippen MR) is 108 cm³/mol. The second kappa shape index (κ2) is 9.21. The maximum absolute atomic E-state index is 11.1. The first kappa shape index (κ1) is 19.0. The Morgan fingerprint density at radius 3 is 2.33 bits per heavy atom. The molecule has 4 nitrogen and oxygen atoms in total. The number of rotatable bonds is 8. The van der Waals surface area contributed by atoms with Crippen LogP contribution in [-0.2, 0) is 13.0 Å². The zero-order valence-electron chi connectivity index (χ0n) is 14.8. The summed E-state index contributed by atoms with van der Waals surface area (Å²) in [5.74, 6) is 0.790. The Morgan fingerprint density at radius 2 is 1.67 bits per heavy atom. The van der Waals surface area contributed by atoms with E-state index in [9.17, 15) is 4.79 Å². The fraction of sp³-hybridized carbons (Fsp3) is 0.136. The largest absolute Gasteiger partial charge is 0.457 e. The lowest BCUT2D eigenvalue weighted by Gasteiger charge is -2.10.